The van der Waals surface area contributed by atoms with Crippen molar-refractivity contribution < 1.29 is 13.9 Å². The molecule has 1 aromatic heterocycles. The number of hydrogen-bond acceptors (Lipinski definition) is 3. The number of ether oxygens (including phenoxy) is 1. The van der Waals surface area contributed by atoms with Gasteiger partial charge in [-0.25, -0.2) is 9.18 Å². The van der Waals surface area contributed by atoms with Gasteiger partial charge in [-0.05, 0) is 19.1 Å². The highest BCUT2D eigenvalue weighted by Gasteiger charge is 2.08. The van der Waals surface area contributed by atoms with Gasteiger partial charge < -0.3 is 15.4 Å². The molecule has 0 aliphatic carbocycles. The summed E-state index contributed by atoms with van der Waals surface area (Å²) >= 11 is 0. The van der Waals surface area contributed by atoms with Gasteiger partial charge in [0.15, 0.2) is 0 Å². The standard InChI is InChI=1S/C14H17FN4O2/c1-10(21-13-5-3-4-11(15)6-13)7-16-14(20)18-12-8-17-19(2)9-12/h3-6,8-10H,7H2,1-2H3,(H2,16,18,20)/t10-/m1/s1. The summed E-state index contributed by atoms with van der Waals surface area (Å²) in [5.41, 5.74) is 0.605. The van der Waals surface area contributed by atoms with Crippen LogP contribution in [0.2, 0.25) is 0 Å². The molecule has 21 heavy (non-hydrogen) atoms. The van der Waals surface area contributed by atoms with Crippen LogP contribution in [0.15, 0.2) is 36.7 Å². The monoisotopic (exact) mass is 292 g/mol. The largest absolute Gasteiger partial charge is 0.489 e. The molecular formula is C14H17FN4O2. The van der Waals surface area contributed by atoms with Gasteiger partial charge in [-0.1, -0.05) is 6.07 Å². The van der Waals surface area contributed by atoms with Gasteiger partial charge in [0.1, 0.15) is 17.7 Å². The molecule has 2 rings (SSSR count). The summed E-state index contributed by atoms with van der Waals surface area (Å²) in [6, 6.07) is 5.52. The third-order valence-corrected chi connectivity index (χ3v) is 2.65. The summed E-state index contributed by atoms with van der Waals surface area (Å²) in [5, 5.41) is 9.25. The number of halogens is 1. The molecule has 1 atom stereocenters. The van der Waals surface area contributed by atoms with E-state index in [1.165, 1.54) is 12.1 Å². The second kappa shape index (κ2) is 6.74. The molecule has 0 saturated carbocycles. The van der Waals surface area contributed by atoms with E-state index in [4.69, 9.17) is 4.74 Å². The van der Waals surface area contributed by atoms with Gasteiger partial charge >= 0.3 is 6.03 Å². The van der Waals surface area contributed by atoms with E-state index >= 15 is 0 Å². The van der Waals surface area contributed by atoms with Gasteiger partial charge in [0.05, 0.1) is 18.4 Å². The van der Waals surface area contributed by atoms with Gasteiger partial charge in [0, 0.05) is 19.3 Å². The fourth-order valence-electron chi connectivity index (χ4n) is 1.71. The Hall–Kier alpha value is -2.57. The lowest BCUT2D eigenvalue weighted by molar-refractivity contribution is 0.211. The lowest BCUT2D eigenvalue weighted by atomic mass is 10.3. The zero-order valence-corrected chi connectivity index (χ0v) is 11.8. The predicted octanol–water partition coefficient (Wildman–Crippen LogP) is 2.15. The van der Waals surface area contributed by atoms with E-state index in [-0.39, 0.29) is 18.0 Å². The number of aryl methyl sites for hydroxylation is 1. The fourth-order valence-corrected chi connectivity index (χ4v) is 1.71. The summed E-state index contributed by atoms with van der Waals surface area (Å²) < 4.78 is 20.1. The number of carbonyl (C=O) groups is 1. The minimum Gasteiger partial charge on any atom is -0.489 e. The van der Waals surface area contributed by atoms with Crippen molar-refractivity contribution in [3.05, 3.63) is 42.5 Å². The first-order valence-corrected chi connectivity index (χ1v) is 6.48. The summed E-state index contributed by atoms with van der Waals surface area (Å²) in [4.78, 5) is 11.7. The van der Waals surface area contributed by atoms with Crippen LogP contribution in [-0.2, 0) is 7.05 Å². The minimum atomic E-state index is -0.359. The quantitative estimate of drug-likeness (QED) is 0.887. The van der Waals surface area contributed by atoms with Crippen LogP contribution in [0, 0.1) is 5.82 Å². The fraction of sp³-hybridized carbons (Fsp3) is 0.286. The number of nitrogens with zero attached hydrogens (tertiary/aromatic N) is 2. The van der Waals surface area contributed by atoms with Crippen LogP contribution in [0.5, 0.6) is 5.75 Å². The van der Waals surface area contributed by atoms with Crippen molar-refractivity contribution in [1.29, 1.82) is 0 Å². The van der Waals surface area contributed by atoms with Crippen molar-refractivity contribution in [1.82, 2.24) is 15.1 Å². The van der Waals surface area contributed by atoms with Gasteiger partial charge in [0.25, 0.3) is 0 Å². The van der Waals surface area contributed by atoms with Gasteiger partial charge in [-0.3, -0.25) is 4.68 Å². The summed E-state index contributed by atoms with van der Waals surface area (Å²) in [6.45, 7) is 2.08. The van der Waals surface area contributed by atoms with Crippen molar-refractivity contribution >= 4 is 11.7 Å². The maximum atomic E-state index is 13.0. The van der Waals surface area contributed by atoms with Crippen LogP contribution < -0.4 is 15.4 Å². The smallest absolute Gasteiger partial charge is 0.319 e. The molecular weight excluding hydrogens is 275 g/mol. The number of amides is 2. The number of benzene rings is 1. The Kier molecular flexibility index (Phi) is 4.76. The van der Waals surface area contributed by atoms with Gasteiger partial charge in [-0.15, -0.1) is 0 Å². The zero-order chi connectivity index (χ0) is 15.2. The van der Waals surface area contributed by atoms with E-state index in [1.807, 2.05) is 0 Å². The summed E-state index contributed by atoms with van der Waals surface area (Å²) in [6.07, 6.45) is 2.95. The number of urea groups is 1. The molecule has 1 heterocycles. The maximum absolute atomic E-state index is 13.0. The lowest BCUT2D eigenvalue weighted by Crippen LogP contribution is -2.36. The molecule has 0 bridgehead atoms. The Bertz CT molecular complexity index is 615. The lowest BCUT2D eigenvalue weighted by Gasteiger charge is -2.15. The number of rotatable bonds is 5. The molecule has 2 N–H and O–H groups in total. The Labute approximate surface area is 121 Å². The molecule has 0 unspecified atom stereocenters. The Morgan fingerprint density at radius 3 is 3.00 bits per heavy atom. The van der Waals surface area contributed by atoms with Crippen molar-refractivity contribution in [3.63, 3.8) is 0 Å². The number of anilines is 1. The van der Waals surface area contributed by atoms with Crippen LogP contribution in [-0.4, -0.2) is 28.5 Å². The van der Waals surface area contributed by atoms with Crippen LogP contribution in [0.4, 0.5) is 14.9 Å². The summed E-state index contributed by atoms with van der Waals surface area (Å²) in [5.74, 6) is 0.0685. The maximum Gasteiger partial charge on any atom is 0.319 e. The highest BCUT2D eigenvalue weighted by molar-refractivity contribution is 5.88. The molecule has 1 aromatic carbocycles. The molecule has 7 heteroatoms. The van der Waals surface area contributed by atoms with Crippen molar-refractivity contribution in [3.8, 4) is 5.75 Å². The molecule has 0 fully saturated rings. The molecule has 0 radical (unpaired) electrons. The van der Waals surface area contributed by atoms with E-state index in [9.17, 15) is 9.18 Å². The minimum absolute atomic E-state index is 0.286. The van der Waals surface area contributed by atoms with E-state index < -0.39 is 0 Å². The molecule has 0 aliphatic rings. The third kappa shape index (κ3) is 4.79. The zero-order valence-electron chi connectivity index (χ0n) is 11.8. The predicted molar refractivity (Wildman–Crippen MR) is 76.7 cm³/mol. The normalized spacial score (nSPS) is 11.8. The highest BCUT2D eigenvalue weighted by Crippen LogP contribution is 2.13. The van der Waals surface area contributed by atoms with Crippen LogP contribution in [0.25, 0.3) is 0 Å². The average Bonchev–Trinajstić information content (AvgIpc) is 2.82. The average molecular weight is 292 g/mol. The first kappa shape index (κ1) is 14.8. The number of hydrogen-bond donors (Lipinski definition) is 2. The van der Waals surface area contributed by atoms with Crippen LogP contribution >= 0.6 is 0 Å². The number of carbonyl (C=O) groups excluding carboxylic acids is 1. The van der Waals surface area contributed by atoms with Gasteiger partial charge in [-0.2, -0.15) is 5.10 Å². The molecule has 0 saturated heterocycles. The molecule has 2 amide bonds. The van der Waals surface area contributed by atoms with E-state index in [1.54, 1.807) is 43.2 Å². The molecule has 0 spiro atoms. The first-order chi connectivity index (χ1) is 10.0. The second-order valence-corrected chi connectivity index (χ2v) is 4.62. The molecule has 2 aromatic rings. The number of nitrogens with one attached hydrogen (secondary N) is 2. The topological polar surface area (TPSA) is 68.2 Å². The Balaban J connectivity index is 1.75. The first-order valence-electron chi connectivity index (χ1n) is 6.48. The molecule has 6 nitrogen and oxygen atoms in total. The molecule has 0 aliphatic heterocycles. The highest BCUT2D eigenvalue weighted by atomic mass is 19.1. The molecule has 112 valence electrons. The van der Waals surface area contributed by atoms with Crippen molar-refractivity contribution in [2.45, 2.75) is 13.0 Å². The van der Waals surface area contributed by atoms with E-state index in [2.05, 4.69) is 15.7 Å². The number of aromatic nitrogens is 2. The third-order valence-electron chi connectivity index (χ3n) is 2.65. The second-order valence-electron chi connectivity index (χ2n) is 4.62. The Morgan fingerprint density at radius 2 is 2.33 bits per heavy atom. The van der Waals surface area contributed by atoms with E-state index in [0.717, 1.165) is 0 Å². The van der Waals surface area contributed by atoms with Crippen molar-refractivity contribution in [2.24, 2.45) is 7.05 Å². The van der Waals surface area contributed by atoms with Gasteiger partial charge in [0.2, 0.25) is 0 Å². The van der Waals surface area contributed by atoms with Crippen molar-refractivity contribution in [2.75, 3.05) is 11.9 Å². The van der Waals surface area contributed by atoms with Crippen LogP contribution in [0.3, 0.4) is 0 Å². The Morgan fingerprint density at radius 1 is 1.52 bits per heavy atom. The SMILES string of the molecule is C[C@H](CNC(=O)Nc1cnn(C)c1)Oc1cccc(F)c1. The van der Waals surface area contributed by atoms with E-state index in [0.29, 0.717) is 18.0 Å². The summed E-state index contributed by atoms with van der Waals surface area (Å²) in [7, 11) is 1.76. The van der Waals surface area contributed by atoms with Crippen LogP contribution in [0.1, 0.15) is 6.92 Å².